The minimum atomic E-state index is -1.26. The zero-order chi connectivity index (χ0) is 38.2. The van der Waals surface area contributed by atoms with Crippen molar-refractivity contribution in [2.45, 2.75) is 269 Å². The lowest BCUT2D eigenvalue weighted by atomic mass is 9.99. The number of carbonyl (C=O) groups excluding carboxylic acids is 1. The second kappa shape index (κ2) is 41.2. The number of aliphatic hydroxyl groups is 4. The smallest absolute Gasteiger partial charge is 0.249 e. The summed E-state index contributed by atoms with van der Waals surface area (Å²) < 4.78 is 0. The monoisotopic (exact) mass is 738 g/mol. The molecule has 0 rings (SSSR count). The Labute approximate surface area is 323 Å². The first-order chi connectivity index (χ1) is 25.5. The molecular weight excluding hydrogens is 647 g/mol. The first kappa shape index (κ1) is 51.0. The van der Waals surface area contributed by atoms with E-state index in [1.165, 1.54) is 173 Å². The quantitative estimate of drug-likeness (QED) is 0.0316. The third-order valence-electron chi connectivity index (χ3n) is 11.0. The largest absolute Gasteiger partial charge is 0.394 e. The third-order valence-corrected chi connectivity index (χ3v) is 11.0. The van der Waals surface area contributed by atoms with E-state index in [1.54, 1.807) is 0 Å². The first-order valence-corrected chi connectivity index (χ1v) is 23.1. The number of hydrogen-bond donors (Lipinski definition) is 5. The highest BCUT2D eigenvalue weighted by Gasteiger charge is 2.28. The maximum atomic E-state index is 12.5. The van der Waals surface area contributed by atoms with Gasteiger partial charge in [-0.1, -0.05) is 219 Å². The molecule has 0 aliphatic carbocycles. The van der Waals surface area contributed by atoms with Crippen LogP contribution in [0.15, 0.2) is 12.2 Å². The Kier molecular flexibility index (Phi) is 40.5. The van der Waals surface area contributed by atoms with E-state index in [-0.39, 0.29) is 0 Å². The highest BCUT2D eigenvalue weighted by atomic mass is 16.3. The maximum absolute atomic E-state index is 12.5. The molecule has 52 heavy (non-hydrogen) atoms. The van der Waals surface area contributed by atoms with Crippen molar-refractivity contribution in [2.24, 2.45) is 0 Å². The molecule has 0 aromatic heterocycles. The van der Waals surface area contributed by atoms with Crippen molar-refractivity contribution < 1.29 is 25.2 Å². The second-order valence-electron chi connectivity index (χ2n) is 16.1. The molecule has 0 radical (unpaired) electrons. The summed E-state index contributed by atoms with van der Waals surface area (Å²) in [5, 5.41) is 43.7. The number of rotatable bonds is 42. The standard InChI is InChI=1S/C46H91NO5/c1-3-5-7-9-11-13-15-17-19-21-22-23-24-26-27-29-31-33-35-37-39-43(49)45(51)42(41-48)47-46(52)44(50)40-38-36-34-32-30-28-25-20-18-16-14-12-10-8-6-4-2/h18,20,42-45,48-51H,3-17,19,21-41H2,1-2H3,(H,47,52)/b20-18-. The van der Waals surface area contributed by atoms with Crippen molar-refractivity contribution in [3.63, 3.8) is 0 Å². The normalized spacial score (nSPS) is 14.2. The predicted octanol–water partition coefficient (Wildman–Crippen LogP) is 12.2. The van der Waals surface area contributed by atoms with Gasteiger partial charge in [0.2, 0.25) is 5.91 Å². The lowest BCUT2D eigenvalue weighted by molar-refractivity contribution is -0.132. The average molecular weight is 738 g/mol. The van der Waals surface area contributed by atoms with Crippen LogP contribution in [0.3, 0.4) is 0 Å². The van der Waals surface area contributed by atoms with Crippen LogP contribution in [-0.2, 0) is 4.79 Å². The Morgan fingerprint density at radius 2 is 0.769 bits per heavy atom. The predicted molar refractivity (Wildman–Crippen MR) is 224 cm³/mol. The highest BCUT2D eigenvalue weighted by molar-refractivity contribution is 5.80. The van der Waals surface area contributed by atoms with Crippen LogP contribution in [0.25, 0.3) is 0 Å². The van der Waals surface area contributed by atoms with E-state index in [4.69, 9.17) is 0 Å². The fraction of sp³-hybridized carbons (Fsp3) is 0.935. The lowest BCUT2D eigenvalue weighted by Gasteiger charge is -2.27. The van der Waals surface area contributed by atoms with E-state index in [9.17, 15) is 25.2 Å². The van der Waals surface area contributed by atoms with E-state index >= 15 is 0 Å². The summed E-state index contributed by atoms with van der Waals surface area (Å²) in [4.78, 5) is 12.5. The first-order valence-electron chi connectivity index (χ1n) is 23.1. The fourth-order valence-corrected chi connectivity index (χ4v) is 7.28. The van der Waals surface area contributed by atoms with Crippen LogP contribution < -0.4 is 5.32 Å². The van der Waals surface area contributed by atoms with E-state index in [2.05, 4.69) is 31.3 Å². The van der Waals surface area contributed by atoms with Crippen LogP contribution in [-0.4, -0.2) is 57.3 Å². The van der Waals surface area contributed by atoms with Crippen LogP contribution in [0.2, 0.25) is 0 Å². The van der Waals surface area contributed by atoms with Gasteiger partial charge in [0.1, 0.15) is 12.2 Å². The molecule has 0 fully saturated rings. The van der Waals surface area contributed by atoms with Gasteiger partial charge in [0.25, 0.3) is 0 Å². The Bertz CT molecular complexity index is 746. The summed E-state index contributed by atoms with van der Waals surface area (Å²) >= 11 is 0. The van der Waals surface area contributed by atoms with Crippen LogP contribution in [0.1, 0.15) is 245 Å². The highest BCUT2D eigenvalue weighted by Crippen LogP contribution is 2.17. The number of allylic oxidation sites excluding steroid dienone is 2. The summed E-state index contributed by atoms with van der Waals surface area (Å²) in [5.74, 6) is -0.586. The van der Waals surface area contributed by atoms with Gasteiger partial charge in [0.15, 0.2) is 0 Å². The van der Waals surface area contributed by atoms with Crippen LogP contribution in [0, 0.1) is 0 Å². The molecule has 0 saturated carbocycles. The van der Waals surface area contributed by atoms with Gasteiger partial charge >= 0.3 is 0 Å². The Balaban J connectivity index is 3.70. The summed E-state index contributed by atoms with van der Waals surface area (Å²) in [7, 11) is 0. The number of nitrogens with one attached hydrogen (secondary N) is 1. The molecule has 0 heterocycles. The van der Waals surface area contributed by atoms with Gasteiger partial charge in [-0.25, -0.2) is 0 Å². The van der Waals surface area contributed by atoms with Crippen molar-refractivity contribution in [3.05, 3.63) is 12.2 Å². The topological polar surface area (TPSA) is 110 Å². The molecule has 0 aromatic carbocycles. The SMILES string of the molecule is CCCCCCCC/C=C\CCCCCCCCC(O)C(=O)NC(CO)C(O)C(O)CCCCCCCCCCCCCCCCCCCCCC. The number of unbranched alkanes of at least 4 members (excludes halogenated alkanes) is 31. The Hall–Kier alpha value is -0.950. The summed E-state index contributed by atoms with van der Waals surface area (Å²) in [6, 6.07) is -0.984. The van der Waals surface area contributed by atoms with E-state index in [0.717, 1.165) is 44.9 Å². The molecule has 4 unspecified atom stereocenters. The minimum absolute atomic E-state index is 0.364. The third kappa shape index (κ3) is 34.8. The van der Waals surface area contributed by atoms with Gasteiger partial charge in [-0.2, -0.15) is 0 Å². The van der Waals surface area contributed by atoms with Gasteiger partial charge in [-0.3, -0.25) is 4.79 Å². The van der Waals surface area contributed by atoms with Crippen LogP contribution in [0.4, 0.5) is 0 Å². The molecule has 310 valence electrons. The average Bonchev–Trinajstić information content (AvgIpc) is 3.15. The molecule has 6 nitrogen and oxygen atoms in total. The molecule has 0 aliphatic rings. The van der Waals surface area contributed by atoms with E-state index in [0.29, 0.717) is 12.8 Å². The van der Waals surface area contributed by atoms with Crippen molar-refractivity contribution in [2.75, 3.05) is 6.61 Å². The van der Waals surface area contributed by atoms with Crippen molar-refractivity contribution in [1.82, 2.24) is 5.32 Å². The number of carbonyl (C=O) groups is 1. The van der Waals surface area contributed by atoms with Crippen molar-refractivity contribution in [1.29, 1.82) is 0 Å². The molecule has 4 atom stereocenters. The molecule has 5 N–H and O–H groups in total. The summed E-state index contributed by atoms with van der Waals surface area (Å²) in [5.41, 5.74) is 0. The summed E-state index contributed by atoms with van der Waals surface area (Å²) in [6.07, 6.45) is 45.3. The molecule has 6 heteroatoms. The van der Waals surface area contributed by atoms with Gasteiger partial charge in [-0.05, 0) is 38.5 Å². The van der Waals surface area contributed by atoms with Crippen molar-refractivity contribution in [3.8, 4) is 0 Å². The molecule has 1 amide bonds. The zero-order valence-electron chi connectivity index (χ0n) is 34.8. The molecule has 0 bridgehead atoms. The molecule has 0 saturated heterocycles. The van der Waals surface area contributed by atoms with Gasteiger partial charge in [0, 0.05) is 0 Å². The Morgan fingerprint density at radius 1 is 0.462 bits per heavy atom. The number of amides is 1. The van der Waals surface area contributed by atoms with Crippen LogP contribution >= 0.6 is 0 Å². The summed E-state index contributed by atoms with van der Waals surface area (Å²) in [6.45, 7) is 4.06. The number of hydrogen-bond acceptors (Lipinski definition) is 5. The molecule has 0 spiro atoms. The van der Waals surface area contributed by atoms with Gasteiger partial charge in [0.05, 0.1) is 18.8 Å². The zero-order valence-corrected chi connectivity index (χ0v) is 34.8. The fourth-order valence-electron chi connectivity index (χ4n) is 7.28. The van der Waals surface area contributed by atoms with Gasteiger partial charge in [-0.15, -0.1) is 0 Å². The maximum Gasteiger partial charge on any atom is 0.249 e. The molecule has 0 aromatic rings. The second-order valence-corrected chi connectivity index (χ2v) is 16.1. The molecular formula is C46H91NO5. The molecule has 0 aliphatic heterocycles. The Morgan fingerprint density at radius 3 is 1.12 bits per heavy atom. The minimum Gasteiger partial charge on any atom is -0.394 e. The van der Waals surface area contributed by atoms with E-state index < -0.39 is 36.9 Å². The van der Waals surface area contributed by atoms with Crippen molar-refractivity contribution >= 4 is 5.91 Å². The lowest BCUT2D eigenvalue weighted by Crippen LogP contribution is -2.53. The van der Waals surface area contributed by atoms with Gasteiger partial charge < -0.3 is 25.7 Å². The van der Waals surface area contributed by atoms with E-state index in [1.807, 2.05) is 0 Å². The number of aliphatic hydroxyl groups excluding tert-OH is 4. The van der Waals surface area contributed by atoms with Crippen LogP contribution in [0.5, 0.6) is 0 Å².